The van der Waals surface area contributed by atoms with Gasteiger partial charge in [-0.1, -0.05) is 0 Å². The normalized spacial score (nSPS) is 10.9. The van der Waals surface area contributed by atoms with E-state index in [2.05, 4.69) is 25.9 Å². The number of halogens is 2. The van der Waals surface area contributed by atoms with E-state index in [9.17, 15) is 4.39 Å². The topological polar surface area (TPSA) is 38.9 Å². The average Bonchev–Trinajstić information content (AvgIpc) is 2.82. The first-order valence-corrected chi connectivity index (χ1v) is 5.70. The van der Waals surface area contributed by atoms with Gasteiger partial charge in [0.2, 0.25) is 0 Å². The van der Waals surface area contributed by atoms with Crippen molar-refractivity contribution in [1.82, 2.24) is 9.97 Å². The summed E-state index contributed by atoms with van der Waals surface area (Å²) in [5.41, 5.74) is 1.24. The largest absolute Gasteiger partial charge is 0.463 e. The number of rotatable bonds is 1. The fraction of sp³-hybridized carbons (Fsp3) is 0. The summed E-state index contributed by atoms with van der Waals surface area (Å²) in [4.78, 5) is 8.41. The quantitative estimate of drug-likeness (QED) is 0.641. The Bertz CT molecular complexity index is 682. The number of benzene rings is 1. The number of fused-ring (bicyclic) bond motifs is 1. The van der Waals surface area contributed by atoms with Gasteiger partial charge in [-0.3, -0.25) is 0 Å². The van der Waals surface area contributed by atoms with E-state index in [-0.39, 0.29) is 5.82 Å². The molecule has 5 heteroatoms. The Hall–Kier alpha value is -1.75. The lowest BCUT2D eigenvalue weighted by atomic mass is 10.1. The van der Waals surface area contributed by atoms with Crippen molar-refractivity contribution in [1.29, 1.82) is 0 Å². The van der Waals surface area contributed by atoms with Crippen molar-refractivity contribution >= 4 is 26.8 Å². The summed E-state index contributed by atoms with van der Waals surface area (Å²) >= 11 is 3.23. The minimum absolute atomic E-state index is 0.323. The molecule has 3 rings (SSSR count). The van der Waals surface area contributed by atoms with Crippen LogP contribution in [0.3, 0.4) is 0 Å². The van der Waals surface area contributed by atoms with Gasteiger partial charge in [-0.25, -0.2) is 14.4 Å². The van der Waals surface area contributed by atoms with Crippen LogP contribution in [0, 0.1) is 5.82 Å². The highest BCUT2D eigenvalue weighted by molar-refractivity contribution is 9.10. The molecule has 0 saturated heterocycles. The molecule has 17 heavy (non-hydrogen) atoms. The summed E-state index contributed by atoms with van der Waals surface area (Å²) < 4.78 is 19.0. The van der Waals surface area contributed by atoms with Gasteiger partial charge in [-0.15, -0.1) is 0 Å². The second kappa shape index (κ2) is 3.92. The van der Waals surface area contributed by atoms with E-state index in [1.807, 2.05) is 0 Å². The molecule has 0 spiro atoms. The molecule has 0 fully saturated rings. The molecule has 3 nitrogen and oxygen atoms in total. The third kappa shape index (κ3) is 1.82. The first-order chi connectivity index (χ1) is 8.24. The molecule has 0 atom stereocenters. The van der Waals surface area contributed by atoms with E-state index < -0.39 is 0 Å². The Balaban J connectivity index is 2.39. The fourth-order valence-electron chi connectivity index (χ4n) is 1.67. The molecular weight excluding hydrogens is 287 g/mol. The highest BCUT2D eigenvalue weighted by Gasteiger charge is 2.11. The number of furan rings is 1. The maximum Gasteiger partial charge on any atom is 0.197 e. The lowest BCUT2D eigenvalue weighted by Gasteiger charge is -2.03. The zero-order valence-corrected chi connectivity index (χ0v) is 10.1. The minimum atomic E-state index is -0.323. The Kier molecular flexibility index (Phi) is 2.40. The van der Waals surface area contributed by atoms with Crippen molar-refractivity contribution in [3.63, 3.8) is 0 Å². The molecule has 0 aliphatic rings. The van der Waals surface area contributed by atoms with Gasteiger partial charge in [0.05, 0.1) is 11.8 Å². The van der Waals surface area contributed by atoms with Gasteiger partial charge in [-0.05, 0) is 46.3 Å². The van der Waals surface area contributed by atoms with Gasteiger partial charge in [0.25, 0.3) is 0 Å². The van der Waals surface area contributed by atoms with Gasteiger partial charge >= 0.3 is 0 Å². The monoisotopic (exact) mass is 292 g/mol. The first-order valence-electron chi connectivity index (χ1n) is 4.91. The highest BCUT2D eigenvalue weighted by Crippen LogP contribution is 2.28. The van der Waals surface area contributed by atoms with Crippen molar-refractivity contribution < 1.29 is 8.81 Å². The van der Waals surface area contributed by atoms with Crippen LogP contribution in [-0.4, -0.2) is 9.97 Å². The predicted molar refractivity (Wildman–Crippen MR) is 64.9 cm³/mol. The lowest BCUT2D eigenvalue weighted by molar-refractivity contribution is 0.580. The molecule has 0 bridgehead atoms. The zero-order valence-electron chi connectivity index (χ0n) is 8.52. The summed E-state index contributed by atoms with van der Waals surface area (Å²) in [7, 11) is 0. The molecular formula is C12H6BrFN2O. The van der Waals surface area contributed by atoms with E-state index in [0.29, 0.717) is 27.1 Å². The van der Waals surface area contributed by atoms with Crippen LogP contribution in [0.1, 0.15) is 0 Å². The molecule has 2 aromatic heterocycles. The van der Waals surface area contributed by atoms with Crippen LogP contribution in [0.5, 0.6) is 0 Å². The summed E-state index contributed by atoms with van der Waals surface area (Å²) in [5.74, 6) is 0.264. The molecule has 0 aliphatic heterocycles. The van der Waals surface area contributed by atoms with Crippen LogP contribution in [0.25, 0.3) is 22.4 Å². The molecule has 1 aromatic carbocycles. The zero-order chi connectivity index (χ0) is 11.8. The molecule has 0 amide bonds. The molecule has 3 aromatic rings. The third-order valence-electron chi connectivity index (χ3n) is 2.39. The Labute approximate surface area is 104 Å². The lowest BCUT2D eigenvalue weighted by Crippen LogP contribution is -1.91. The van der Waals surface area contributed by atoms with Crippen molar-refractivity contribution in [2.24, 2.45) is 0 Å². The Morgan fingerprint density at radius 1 is 1.18 bits per heavy atom. The van der Waals surface area contributed by atoms with Gasteiger partial charge in [0.15, 0.2) is 10.5 Å². The van der Waals surface area contributed by atoms with Crippen LogP contribution >= 0.6 is 15.9 Å². The molecule has 0 aliphatic carbocycles. The summed E-state index contributed by atoms with van der Waals surface area (Å²) in [6.07, 6.45) is 1.55. The minimum Gasteiger partial charge on any atom is -0.463 e. The van der Waals surface area contributed by atoms with E-state index >= 15 is 0 Å². The molecule has 0 unspecified atom stereocenters. The van der Waals surface area contributed by atoms with Crippen molar-refractivity contribution in [2.45, 2.75) is 0 Å². The molecule has 2 heterocycles. The highest BCUT2D eigenvalue weighted by atomic mass is 79.9. The van der Waals surface area contributed by atoms with Crippen LogP contribution in [0.2, 0.25) is 0 Å². The van der Waals surface area contributed by atoms with E-state index in [1.165, 1.54) is 12.1 Å². The number of hydrogen-bond acceptors (Lipinski definition) is 3. The maximum atomic E-state index is 13.3. The smallest absolute Gasteiger partial charge is 0.197 e. The summed E-state index contributed by atoms with van der Waals surface area (Å²) in [6, 6.07) is 7.92. The van der Waals surface area contributed by atoms with Gasteiger partial charge in [0.1, 0.15) is 11.5 Å². The molecule has 0 saturated carbocycles. The second-order valence-corrected chi connectivity index (χ2v) is 4.19. The summed E-state index contributed by atoms with van der Waals surface area (Å²) in [6.45, 7) is 0. The number of hydrogen-bond donors (Lipinski definition) is 0. The van der Waals surface area contributed by atoms with Gasteiger partial charge in [0, 0.05) is 5.39 Å². The maximum absolute atomic E-state index is 13.3. The van der Waals surface area contributed by atoms with Crippen molar-refractivity contribution in [2.75, 3.05) is 0 Å². The summed E-state index contributed by atoms with van der Waals surface area (Å²) in [5, 5.41) is 0.628. The first kappa shape index (κ1) is 10.4. The standard InChI is InChI=1S/C12H6BrFN2O/c13-12-15-9-4-3-7(14)6-8(9)11(16-12)10-2-1-5-17-10/h1-6H. The van der Waals surface area contributed by atoms with E-state index in [0.717, 1.165) is 0 Å². The van der Waals surface area contributed by atoms with Crippen LogP contribution in [0.4, 0.5) is 4.39 Å². The van der Waals surface area contributed by atoms with E-state index in [4.69, 9.17) is 4.42 Å². The van der Waals surface area contributed by atoms with Gasteiger partial charge in [-0.2, -0.15) is 0 Å². The fourth-order valence-corrected chi connectivity index (χ4v) is 2.04. The van der Waals surface area contributed by atoms with Crippen molar-refractivity contribution in [3.05, 3.63) is 47.1 Å². The van der Waals surface area contributed by atoms with E-state index in [1.54, 1.807) is 24.5 Å². The van der Waals surface area contributed by atoms with Crippen LogP contribution in [-0.2, 0) is 0 Å². The Morgan fingerprint density at radius 3 is 2.82 bits per heavy atom. The molecule has 84 valence electrons. The Morgan fingerprint density at radius 2 is 2.06 bits per heavy atom. The van der Waals surface area contributed by atoms with Crippen LogP contribution in [0.15, 0.2) is 45.7 Å². The van der Waals surface area contributed by atoms with Crippen LogP contribution < -0.4 is 0 Å². The SMILES string of the molecule is Fc1ccc2nc(Br)nc(-c3ccco3)c2c1. The molecule has 0 radical (unpaired) electrons. The second-order valence-electron chi connectivity index (χ2n) is 3.48. The van der Waals surface area contributed by atoms with Crippen molar-refractivity contribution in [3.8, 4) is 11.5 Å². The number of nitrogens with zero attached hydrogens (tertiary/aromatic N) is 2. The predicted octanol–water partition coefficient (Wildman–Crippen LogP) is 3.79. The average molecular weight is 293 g/mol. The van der Waals surface area contributed by atoms with Gasteiger partial charge < -0.3 is 4.42 Å². The number of aromatic nitrogens is 2. The third-order valence-corrected chi connectivity index (χ3v) is 2.74. The molecule has 0 N–H and O–H groups in total.